The van der Waals surface area contributed by atoms with Crippen LogP contribution in [0.4, 0.5) is 0 Å². The SMILES string of the molecule is CC(C)N=C1NC(=O)C2(CN3CCC2CC3)N1. The van der Waals surface area contributed by atoms with Gasteiger partial charge >= 0.3 is 0 Å². The number of nitrogens with zero attached hydrogens (tertiary/aromatic N) is 2. The number of amides is 1. The van der Waals surface area contributed by atoms with Gasteiger partial charge in [0, 0.05) is 12.6 Å². The van der Waals surface area contributed by atoms with Crippen molar-refractivity contribution in [1.82, 2.24) is 15.5 Å². The minimum absolute atomic E-state index is 0.117. The normalized spacial score (nSPS) is 42.3. The van der Waals surface area contributed by atoms with Crippen molar-refractivity contribution in [2.75, 3.05) is 19.6 Å². The first kappa shape index (κ1) is 11.0. The maximum absolute atomic E-state index is 12.3. The molecule has 4 rings (SSSR count). The van der Waals surface area contributed by atoms with Crippen LogP contribution in [0.2, 0.25) is 0 Å². The Morgan fingerprint density at radius 3 is 2.65 bits per heavy atom. The van der Waals surface area contributed by atoms with E-state index in [0.29, 0.717) is 11.9 Å². The van der Waals surface area contributed by atoms with Crippen molar-refractivity contribution in [3.05, 3.63) is 0 Å². The molecule has 0 aromatic heterocycles. The quantitative estimate of drug-likeness (QED) is 0.670. The third-order valence-corrected chi connectivity index (χ3v) is 4.12. The smallest absolute Gasteiger partial charge is 0.254 e. The number of rotatable bonds is 1. The number of hydrogen-bond acceptors (Lipinski definition) is 3. The summed E-state index contributed by atoms with van der Waals surface area (Å²) >= 11 is 0. The molecule has 17 heavy (non-hydrogen) atoms. The highest BCUT2D eigenvalue weighted by atomic mass is 16.2. The van der Waals surface area contributed by atoms with Gasteiger partial charge in [-0.3, -0.25) is 15.1 Å². The van der Waals surface area contributed by atoms with Crippen molar-refractivity contribution in [3.63, 3.8) is 0 Å². The molecule has 4 saturated heterocycles. The van der Waals surface area contributed by atoms with E-state index in [2.05, 4.69) is 20.5 Å². The van der Waals surface area contributed by atoms with Crippen LogP contribution in [0.25, 0.3) is 0 Å². The molecule has 1 atom stereocenters. The van der Waals surface area contributed by atoms with Crippen LogP contribution in [0.1, 0.15) is 26.7 Å². The van der Waals surface area contributed by atoms with E-state index in [1.807, 2.05) is 13.8 Å². The molecular formula is C12H20N4O. The van der Waals surface area contributed by atoms with E-state index in [9.17, 15) is 4.79 Å². The molecule has 0 aliphatic carbocycles. The lowest BCUT2D eigenvalue weighted by Crippen LogP contribution is -2.67. The molecule has 4 aliphatic rings. The molecule has 1 unspecified atom stereocenters. The van der Waals surface area contributed by atoms with Gasteiger partial charge < -0.3 is 10.2 Å². The van der Waals surface area contributed by atoms with Crippen molar-refractivity contribution in [3.8, 4) is 0 Å². The van der Waals surface area contributed by atoms with Crippen LogP contribution >= 0.6 is 0 Å². The largest absolute Gasteiger partial charge is 0.340 e. The second-order valence-electron chi connectivity index (χ2n) is 5.67. The third-order valence-electron chi connectivity index (χ3n) is 4.12. The summed E-state index contributed by atoms with van der Waals surface area (Å²) < 4.78 is 0. The van der Waals surface area contributed by atoms with Gasteiger partial charge in [0.2, 0.25) is 0 Å². The summed E-state index contributed by atoms with van der Waals surface area (Å²) in [5.41, 5.74) is -0.399. The van der Waals surface area contributed by atoms with Gasteiger partial charge in [-0.15, -0.1) is 0 Å². The van der Waals surface area contributed by atoms with Crippen molar-refractivity contribution < 1.29 is 4.79 Å². The summed E-state index contributed by atoms with van der Waals surface area (Å²) in [6, 6.07) is 0.203. The fourth-order valence-electron chi connectivity index (χ4n) is 3.31. The molecule has 2 N–H and O–H groups in total. The number of piperidine rings is 3. The Labute approximate surface area is 102 Å². The zero-order valence-corrected chi connectivity index (χ0v) is 10.5. The zero-order chi connectivity index (χ0) is 12.0. The Hall–Kier alpha value is -1.10. The number of nitrogens with one attached hydrogen (secondary N) is 2. The fraction of sp³-hybridized carbons (Fsp3) is 0.833. The number of guanidine groups is 1. The summed E-state index contributed by atoms with van der Waals surface area (Å²) in [5, 5.41) is 6.27. The van der Waals surface area contributed by atoms with Gasteiger partial charge in [-0.1, -0.05) is 0 Å². The summed E-state index contributed by atoms with van der Waals surface area (Å²) in [7, 11) is 0. The second kappa shape index (κ2) is 3.70. The van der Waals surface area contributed by atoms with Crippen LogP contribution in [0, 0.1) is 5.92 Å². The molecule has 0 aromatic carbocycles. The molecule has 4 fully saturated rings. The van der Waals surface area contributed by atoms with E-state index in [0.717, 1.165) is 32.5 Å². The van der Waals surface area contributed by atoms with E-state index in [-0.39, 0.29) is 11.9 Å². The Balaban J connectivity index is 1.86. The Morgan fingerprint density at radius 1 is 1.41 bits per heavy atom. The topological polar surface area (TPSA) is 56.7 Å². The molecular weight excluding hydrogens is 216 g/mol. The molecule has 5 nitrogen and oxygen atoms in total. The molecule has 4 heterocycles. The highest BCUT2D eigenvalue weighted by molar-refractivity contribution is 6.09. The molecule has 0 aromatic rings. The Bertz CT molecular complexity index is 371. The molecule has 1 amide bonds. The minimum Gasteiger partial charge on any atom is -0.340 e. The molecule has 4 aliphatic heterocycles. The molecule has 1 spiro atoms. The summed E-state index contributed by atoms with van der Waals surface area (Å²) in [6.07, 6.45) is 2.24. The van der Waals surface area contributed by atoms with E-state index in [4.69, 9.17) is 0 Å². The van der Waals surface area contributed by atoms with Crippen LogP contribution in [0.15, 0.2) is 4.99 Å². The number of carbonyl (C=O) groups excluding carboxylic acids is 1. The average Bonchev–Trinajstić information content (AvgIpc) is 2.56. The molecule has 2 bridgehead atoms. The number of hydrogen-bond donors (Lipinski definition) is 2. The van der Waals surface area contributed by atoms with Crippen LogP contribution < -0.4 is 10.6 Å². The van der Waals surface area contributed by atoms with Gasteiger partial charge in [0.1, 0.15) is 5.54 Å². The standard InChI is InChI=1S/C12H20N4O/c1-8(2)13-11-14-10(17)12(15-11)7-16-5-3-9(12)4-6-16/h8-9H,3-7H2,1-2H3,(H2,13,14,15,17). The lowest BCUT2D eigenvalue weighted by Gasteiger charge is -2.49. The van der Waals surface area contributed by atoms with E-state index >= 15 is 0 Å². The van der Waals surface area contributed by atoms with E-state index in [1.165, 1.54) is 0 Å². The minimum atomic E-state index is -0.399. The molecule has 0 saturated carbocycles. The van der Waals surface area contributed by atoms with Crippen LogP contribution in [0.5, 0.6) is 0 Å². The van der Waals surface area contributed by atoms with Gasteiger partial charge in [0.05, 0.1) is 0 Å². The van der Waals surface area contributed by atoms with Gasteiger partial charge in [0.15, 0.2) is 5.96 Å². The Morgan fingerprint density at radius 2 is 2.12 bits per heavy atom. The molecule has 5 heteroatoms. The average molecular weight is 236 g/mol. The maximum Gasteiger partial charge on any atom is 0.254 e. The van der Waals surface area contributed by atoms with Crippen molar-refractivity contribution in [2.24, 2.45) is 10.9 Å². The maximum atomic E-state index is 12.3. The number of aliphatic imine (C=N–C) groups is 1. The summed E-state index contributed by atoms with van der Waals surface area (Å²) in [5.74, 6) is 1.25. The highest BCUT2D eigenvalue weighted by Gasteiger charge is 2.55. The van der Waals surface area contributed by atoms with Crippen LogP contribution in [0.3, 0.4) is 0 Å². The van der Waals surface area contributed by atoms with Gasteiger partial charge in [-0.05, 0) is 45.7 Å². The van der Waals surface area contributed by atoms with Crippen LogP contribution in [-0.4, -0.2) is 48.0 Å². The summed E-state index contributed by atoms with van der Waals surface area (Å²) in [6.45, 7) is 7.14. The van der Waals surface area contributed by atoms with Crippen molar-refractivity contribution in [1.29, 1.82) is 0 Å². The zero-order valence-electron chi connectivity index (χ0n) is 10.5. The third kappa shape index (κ3) is 1.64. The van der Waals surface area contributed by atoms with Gasteiger partial charge in [-0.2, -0.15) is 0 Å². The second-order valence-corrected chi connectivity index (χ2v) is 5.67. The van der Waals surface area contributed by atoms with E-state index in [1.54, 1.807) is 0 Å². The molecule has 94 valence electrons. The predicted molar refractivity (Wildman–Crippen MR) is 65.7 cm³/mol. The number of carbonyl (C=O) groups is 1. The highest BCUT2D eigenvalue weighted by Crippen LogP contribution is 2.37. The van der Waals surface area contributed by atoms with Gasteiger partial charge in [0.25, 0.3) is 5.91 Å². The monoisotopic (exact) mass is 236 g/mol. The lowest BCUT2D eigenvalue weighted by atomic mass is 9.73. The molecule has 0 radical (unpaired) electrons. The van der Waals surface area contributed by atoms with E-state index < -0.39 is 5.54 Å². The van der Waals surface area contributed by atoms with Crippen molar-refractivity contribution >= 4 is 11.9 Å². The number of fused-ring (bicyclic) bond motifs is 2. The van der Waals surface area contributed by atoms with Crippen molar-refractivity contribution in [2.45, 2.75) is 38.3 Å². The predicted octanol–water partition coefficient (Wildman–Crippen LogP) is -0.0654. The first-order valence-electron chi connectivity index (χ1n) is 6.50. The first-order chi connectivity index (χ1) is 8.10. The fourth-order valence-corrected chi connectivity index (χ4v) is 3.31. The lowest BCUT2D eigenvalue weighted by molar-refractivity contribution is -0.131. The summed E-state index contributed by atoms with van der Waals surface area (Å²) in [4.78, 5) is 19.0. The van der Waals surface area contributed by atoms with Crippen LogP contribution in [-0.2, 0) is 4.79 Å². The Kier molecular flexibility index (Phi) is 2.40. The first-order valence-corrected chi connectivity index (χ1v) is 6.50. The van der Waals surface area contributed by atoms with Gasteiger partial charge in [-0.25, -0.2) is 0 Å².